The van der Waals surface area contributed by atoms with Crippen molar-refractivity contribution in [1.82, 2.24) is 15.1 Å². The maximum Gasteiger partial charge on any atom is 0.0637 e. The van der Waals surface area contributed by atoms with Crippen LogP contribution in [-0.4, -0.2) is 16.3 Å². The molecule has 0 spiro atoms. The Morgan fingerprint density at radius 3 is 2.84 bits per heavy atom. The minimum absolute atomic E-state index is 0.828. The standard InChI is InChI=1S/C16H21N3/c1-19-11-9-15(18-19)8-10-17-12-14-4-2-3-5-16(14)13-6-7-13/h2-5,9,11,13,17H,6-8,10,12H2,1H3. The molecule has 0 aliphatic heterocycles. The second-order valence-electron chi connectivity index (χ2n) is 5.38. The highest BCUT2D eigenvalue weighted by Gasteiger charge is 2.25. The molecule has 0 saturated heterocycles. The van der Waals surface area contributed by atoms with Crippen LogP contribution >= 0.6 is 0 Å². The van der Waals surface area contributed by atoms with E-state index in [1.807, 2.05) is 17.9 Å². The lowest BCUT2D eigenvalue weighted by Crippen LogP contribution is -2.17. The summed E-state index contributed by atoms with van der Waals surface area (Å²) in [5.74, 6) is 0.828. The molecule has 1 aromatic heterocycles. The Morgan fingerprint density at radius 1 is 1.26 bits per heavy atom. The molecule has 0 amide bonds. The van der Waals surface area contributed by atoms with E-state index in [9.17, 15) is 0 Å². The summed E-state index contributed by atoms with van der Waals surface area (Å²) in [6.45, 7) is 1.95. The molecule has 0 atom stereocenters. The lowest BCUT2D eigenvalue weighted by atomic mass is 10.0. The summed E-state index contributed by atoms with van der Waals surface area (Å²) in [6, 6.07) is 10.9. The molecule has 19 heavy (non-hydrogen) atoms. The van der Waals surface area contributed by atoms with Gasteiger partial charge in [-0.15, -0.1) is 0 Å². The quantitative estimate of drug-likeness (QED) is 0.804. The van der Waals surface area contributed by atoms with Gasteiger partial charge in [0.1, 0.15) is 0 Å². The molecular weight excluding hydrogens is 234 g/mol. The third-order valence-electron chi connectivity index (χ3n) is 3.71. The van der Waals surface area contributed by atoms with Crippen LogP contribution in [0.2, 0.25) is 0 Å². The van der Waals surface area contributed by atoms with Gasteiger partial charge in [-0.25, -0.2) is 0 Å². The van der Waals surface area contributed by atoms with Crippen molar-refractivity contribution in [3.8, 4) is 0 Å². The molecular formula is C16H21N3. The summed E-state index contributed by atoms with van der Waals surface area (Å²) in [6.07, 6.45) is 5.72. The minimum Gasteiger partial charge on any atom is -0.312 e. The van der Waals surface area contributed by atoms with Crippen LogP contribution in [0.5, 0.6) is 0 Å². The van der Waals surface area contributed by atoms with Gasteiger partial charge < -0.3 is 5.32 Å². The molecule has 3 nitrogen and oxygen atoms in total. The minimum atomic E-state index is 0.828. The maximum absolute atomic E-state index is 4.39. The van der Waals surface area contributed by atoms with Gasteiger partial charge in [0, 0.05) is 32.8 Å². The Morgan fingerprint density at radius 2 is 2.11 bits per heavy atom. The van der Waals surface area contributed by atoms with Gasteiger partial charge in [0.25, 0.3) is 0 Å². The SMILES string of the molecule is Cn1ccc(CCNCc2ccccc2C2CC2)n1. The van der Waals surface area contributed by atoms with Gasteiger partial charge in [0.2, 0.25) is 0 Å². The fraction of sp³-hybridized carbons (Fsp3) is 0.438. The monoisotopic (exact) mass is 255 g/mol. The van der Waals surface area contributed by atoms with E-state index in [-0.39, 0.29) is 0 Å². The molecule has 1 heterocycles. The molecule has 0 unspecified atom stereocenters. The molecule has 1 N–H and O–H groups in total. The van der Waals surface area contributed by atoms with E-state index in [0.717, 1.165) is 31.1 Å². The fourth-order valence-electron chi connectivity index (χ4n) is 2.52. The molecule has 0 bridgehead atoms. The van der Waals surface area contributed by atoms with Crippen molar-refractivity contribution < 1.29 is 0 Å². The van der Waals surface area contributed by atoms with Gasteiger partial charge in [0.05, 0.1) is 5.69 Å². The van der Waals surface area contributed by atoms with E-state index in [4.69, 9.17) is 0 Å². The Balaban J connectivity index is 1.49. The van der Waals surface area contributed by atoms with Crippen LogP contribution < -0.4 is 5.32 Å². The van der Waals surface area contributed by atoms with Gasteiger partial charge >= 0.3 is 0 Å². The molecule has 1 saturated carbocycles. The number of hydrogen-bond donors (Lipinski definition) is 1. The summed E-state index contributed by atoms with van der Waals surface area (Å²) in [5.41, 5.74) is 4.17. The van der Waals surface area contributed by atoms with Crippen molar-refractivity contribution in [2.24, 2.45) is 7.05 Å². The average molecular weight is 255 g/mol. The number of nitrogens with one attached hydrogen (secondary N) is 1. The molecule has 100 valence electrons. The topological polar surface area (TPSA) is 29.9 Å². The van der Waals surface area contributed by atoms with Crippen LogP contribution in [0.3, 0.4) is 0 Å². The third-order valence-corrected chi connectivity index (χ3v) is 3.71. The zero-order valence-corrected chi connectivity index (χ0v) is 11.5. The van der Waals surface area contributed by atoms with Gasteiger partial charge in [0.15, 0.2) is 0 Å². The van der Waals surface area contributed by atoms with Crippen LogP contribution in [-0.2, 0) is 20.0 Å². The molecule has 1 fully saturated rings. The Labute approximate surface area is 114 Å². The van der Waals surface area contributed by atoms with Crippen molar-refractivity contribution in [3.05, 3.63) is 53.3 Å². The van der Waals surface area contributed by atoms with Crippen molar-refractivity contribution in [1.29, 1.82) is 0 Å². The number of rotatable bonds is 6. The lowest BCUT2D eigenvalue weighted by molar-refractivity contribution is 0.662. The van der Waals surface area contributed by atoms with Crippen LogP contribution in [0.4, 0.5) is 0 Å². The molecule has 1 aliphatic rings. The summed E-state index contributed by atoms with van der Waals surface area (Å²) >= 11 is 0. The van der Waals surface area contributed by atoms with Gasteiger partial charge in [-0.1, -0.05) is 24.3 Å². The highest BCUT2D eigenvalue weighted by atomic mass is 15.2. The van der Waals surface area contributed by atoms with Crippen molar-refractivity contribution >= 4 is 0 Å². The van der Waals surface area contributed by atoms with E-state index in [1.54, 1.807) is 5.56 Å². The number of aryl methyl sites for hydroxylation is 1. The first-order chi connectivity index (χ1) is 9.33. The molecule has 3 rings (SSSR count). The van der Waals surface area contributed by atoms with Crippen LogP contribution in [0.1, 0.15) is 35.6 Å². The molecule has 1 aromatic carbocycles. The van der Waals surface area contributed by atoms with E-state index >= 15 is 0 Å². The van der Waals surface area contributed by atoms with Crippen molar-refractivity contribution in [3.63, 3.8) is 0 Å². The first-order valence-corrected chi connectivity index (χ1v) is 7.10. The second-order valence-corrected chi connectivity index (χ2v) is 5.38. The zero-order chi connectivity index (χ0) is 13.1. The Bertz CT molecular complexity index is 540. The second kappa shape index (κ2) is 5.57. The van der Waals surface area contributed by atoms with Gasteiger partial charge in [-0.3, -0.25) is 4.68 Å². The summed E-state index contributed by atoms with van der Waals surface area (Å²) in [4.78, 5) is 0. The van der Waals surface area contributed by atoms with Crippen LogP contribution in [0.25, 0.3) is 0 Å². The number of hydrogen-bond acceptors (Lipinski definition) is 2. The summed E-state index contributed by atoms with van der Waals surface area (Å²) < 4.78 is 1.86. The summed E-state index contributed by atoms with van der Waals surface area (Å²) in [5, 5.41) is 7.92. The predicted octanol–water partition coefficient (Wildman–Crippen LogP) is 2.63. The van der Waals surface area contributed by atoms with Crippen molar-refractivity contribution in [2.75, 3.05) is 6.54 Å². The predicted molar refractivity (Wildman–Crippen MR) is 77.0 cm³/mol. The third kappa shape index (κ3) is 3.24. The average Bonchev–Trinajstić information content (AvgIpc) is 3.19. The van der Waals surface area contributed by atoms with E-state index < -0.39 is 0 Å². The molecule has 0 radical (unpaired) electrons. The molecule has 1 aliphatic carbocycles. The van der Waals surface area contributed by atoms with Crippen molar-refractivity contribution in [2.45, 2.75) is 31.7 Å². The largest absolute Gasteiger partial charge is 0.312 e. The normalized spacial score (nSPS) is 14.8. The first kappa shape index (κ1) is 12.4. The van der Waals surface area contributed by atoms with Crippen LogP contribution in [0.15, 0.2) is 36.5 Å². The number of nitrogens with zero attached hydrogens (tertiary/aromatic N) is 2. The Kier molecular flexibility index (Phi) is 3.65. The van der Waals surface area contributed by atoms with Crippen LogP contribution in [0, 0.1) is 0 Å². The smallest absolute Gasteiger partial charge is 0.0637 e. The number of aromatic nitrogens is 2. The fourth-order valence-corrected chi connectivity index (χ4v) is 2.52. The highest BCUT2D eigenvalue weighted by Crippen LogP contribution is 2.41. The highest BCUT2D eigenvalue weighted by molar-refractivity contribution is 5.33. The van der Waals surface area contributed by atoms with E-state index in [0.29, 0.717) is 0 Å². The maximum atomic E-state index is 4.39. The van der Waals surface area contributed by atoms with Gasteiger partial charge in [-0.2, -0.15) is 5.10 Å². The number of benzene rings is 1. The lowest BCUT2D eigenvalue weighted by Gasteiger charge is -2.09. The zero-order valence-electron chi connectivity index (χ0n) is 11.5. The molecule has 2 aromatic rings. The van der Waals surface area contributed by atoms with E-state index in [1.165, 1.54) is 18.4 Å². The first-order valence-electron chi connectivity index (χ1n) is 7.10. The Hall–Kier alpha value is -1.61. The van der Waals surface area contributed by atoms with Gasteiger partial charge in [-0.05, 0) is 36.0 Å². The summed E-state index contributed by atoms with van der Waals surface area (Å²) in [7, 11) is 1.96. The van der Waals surface area contributed by atoms with E-state index in [2.05, 4.69) is 40.7 Å². The molecule has 3 heteroatoms.